The van der Waals surface area contributed by atoms with E-state index < -0.39 is 9.84 Å². The van der Waals surface area contributed by atoms with Crippen LogP contribution in [0.2, 0.25) is 5.02 Å². The highest BCUT2D eigenvalue weighted by atomic mass is 35.5. The summed E-state index contributed by atoms with van der Waals surface area (Å²) in [5, 5.41) is 1.19. The molecule has 1 N–H and O–H groups in total. The van der Waals surface area contributed by atoms with Crippen molar-refractivity contribution in [1.29, 1.82) is 0 Å². The van der Waals surface area contributed by atoms with E-state index in [0.29, 0.717) is 5.02 Å². The van der Waals surface area contributed by atoms with Crippen molar-refractivity contribution in [3.8, 4) is 0 Å². The van der Waals surface area contributed by atoms with Crippen molar-refractivity contribution in [3.63, 3.8) is 0 Å². The molecule has 0 atom stereocenters. The third-order valence-corrected chi connectivity index (χ3v) is 5.19. The maximum Gasteiger partial charge on any atom is 0.156 e. The lowest BCUT2D eigenvalue weighted by Gasteiger charge is -2.06. The maximum atomic E-state index is 11.9. The van der Waals surface area contributed by atoms with Crippen LogP contribution in [0.5, 0.6) is 0 Å². The summed E-state index contributed by atoms with van der Waals surface area (Å²) >= 11 is 5.87. The molecule has 5 heteroatoms. The van der Waals surface area contributed by atoms with Crippen molar-refractivity contribution in [2.75, 3.05) is 0 Å². The van der Waals surface area contributed by atoms with Gasteiger partial charge in [-0.25, -0.2) is 8.42 Å². The second-order valence-electron chi connectivity index (χ2n) is 4.36. The van der Waals surface area contributed by atoms with Gasteiger partial charge in [0.2, 0.25) is 0 Å². The number of hydrogen-bond acceptors (Lipinski definition) is 2. The molecule has 0 unspecified atom stereocenters. The summed E-state index contributed by atoms with van der Waals surface area (Å²) in [6.07, 6.45) is 1.74. The van der Waals surface area contributed by atoms with Crippen LogP contribution in [0, 0.1) is 0 Å². The van der Waals surface area contributed by atoms with Crippen LogP contribution < -0.4 is 0 Å². The Morgan fingerprint density at radius 3 is 2.71 bits per heavy atom. The smallest absolute Gasteiger partial charge is 0.156 e. The molecule has 0 radical (unpaired) electrons. The molecule has 1 aromatic heterocycles. The van der Waals surface area contributed by atoms with Crippen LogP contribution in [-0.4, -0.2) is 18.7 Å². The fourth-order valence-electron chi connectivity index (χ4n) is 1.66. The number of fused-ring (bicyclic) bond motifs is 1. The van der Waals surface area contributed by atoms with E-state index in [4.69, 9.17) is 11.6 Å². The Hall–Kier alpha value is -1.00. The zero-order valence-corrected chi connectivity index (χ0v) is 11.3. The summed E-state index contributed by atoms with van der Waals surface area (Å²) in [4.78, 5) is 3.04. The highest BCUT2D eigenvalue weighted by Crippen LogP contribution is 2.24. The van der Waals surface area contributed by atoms with Gasteiger partial charge in [0.15, 0.2) is 9.84 Å². The van der Waals surface area contributed by atoms with Crippen LogP contribution in [0.1, 0.15) is 19.4 Å². The predicted molar refractivity (Wildman–Crippen MR) is 71.1 cm³/mol. The van der Waals surface area contributed by atoms with Gasteiger partial charge in [-0.3, -0.25) is 0 Å². The van der Waals surface area contributed by atoms with E-state index in [2.05, 4.69) is 4.98 Å². The number of hydrogen-bond donors (Lipinski definition) is 1. The summed E-state index contributed by atoms with van der Waals surface area (Å²) in [7, 11) is -3.08. The van der Waals surface area contributed by atoms with Crippen LogP contribution in [0.3, 0.4) is 0 Å². The molecular formula is C12H14ClNO2S. The number of rotatable bonds is 3. The Balaban J connectivity index is 2.45. The lowest BCUT2D eigenvalue weighted by molar-refractivity contribution is 0.586. The molecule has 0 bridgehead atoms. The van der Waals surface area contributed by atoms with Gasteiger partial charge in [-0.15, -0.1) is 0 Å². The third kappa shape index (κ3) is 2.48. The Kier molecular flexibility index (Phi) is 3.19. The molecule has 92 valence electrons. The minimum atomic E-state index is -3.08. The minimum Gasteiger partial charge on any atom is -0.361 e. The quantitative estimate of drug-likeness (QED) is 0.932. The average molecular weight is 272 g/mol. The molecule has 1 aromatic carbocycles. The number of nitrogens with one attached hydrogen (secondary N) is 1. The Bertz CT molecular complexity index is 644. The van der Waals surface area contributed by atoms with E-state index >= 15 is 0 Å². The second kappa shape index (κ2) is 4.35. The Morgan fingerprint density at radius 1 is 1.35 bits per heavy atom. The van der Waals surface area contributed by atoms with Gasteiger partial charge >= 0.3 is 0 Å². The fourth-order valence-corrected chi connectivity index (χ4v) is 2.84. The Morgan fingerprint density at radius 2 is 2.06 bits per heavy atom. The molecule has 1 heterocycles. The molecule has 0 saturated heterocycles. The van der Waals surface area contributed by atoms with Gasteiger partial charge in [-0.1, -0.05) is 17.7 Å². The van der Waals surface area contributed by atoms with E-state index in [9.17, 15) is 8.42 Å². The minimum absolute atomic E-state index is 0.0618. The lowest BCUT2D eigenvalue weighted by atomic mass is 10.2. The van der Waals surface area contributed by atoms with Crippen molar-refractivity contribution in [3.05, 3.63) is 35.0 Å². The highest BCUT2D eigenvalue weighted by molar-refractivity contribution is 7.91. The average Bonchev–Trinajstić information content (AvgIpc) is 2.60. The summed E-state index contributed by atoms with van der Waals surface area (Å²) < 4.78 is 23.7. The molecule has 2 aromatic rings. The highest BCUT2D eigenvalue weighted by Gasteiger charge is 2.18. The molecule has 0 saturated carbocycles. The van der Waals surface area contributed by atoms with Crippen molar-refractivity contribution in [1.82, 2.24) is 4.98 Å². The molecular weight excluding hydrogens is 258 g/mol. The molecule has 0 aliphatic heterocycles. The van der Waals surface area contributed by atoms with E-state index in [0.717, 1.165) is 16.5 Å². The Labute approximate surface area is 106 Å². The molecule has 0 aliphatic carbocycles. The summed E-state index contributed by atoms with van der Waals surface area (Å²) in [5.74, 6) is 0.0618. The van der Waals surface area contributed by atoms with Crippen LogP contribution >= 0.6 is 11.6 Å². The number of halogens is 1. The zero-order chi connectivity index (χ0) is 12.6. The number of benzene rings is 1. The molecule has 17 heavy (non-hydrogen) atoms. The standard InChI is InChI=1S/C12H14ClNO2S/c1-8(2)17(15,16)7-9-6-14-12-5-10(13)3-4-11(9)12/h3-6,8,14H,7H2,1-2H3. The maximum absolute atomic E-state index is 11.9. The summed E-state index contributed by atoms with van der Waals surface area (Å²) in [5.41, 5.74) is 1.66. The van der Waals surface area contributed by atoms with Gasteiger partial charge in [-0.2, -0.15) is 0 Å². The van der Waals surface area contributed by atoms with Crippen molar-refractivity contribution >= 4 is 32.3 Å². The van der Waals surface area contributed by atoms with Crippen LogP contribution in [0.15, 0.2) is 24.4 Å². The van der Waals surface area contributed by atoms with Crippen LogP contribution in [-0.2, 0) is 15.6 Å². The fraction of sp³-hybridized carbons (Fsp3) is 0.333. The number of aromatic nitrogens is 1. The number of sulfone groups is 1. The van der Waals surface area contributed by atoms with Crippen molar-refractivity contribution in [2.45, 2.75) is 24.9 Å². The van der Waals surface area contributed by atoms with E-state index in [1.165, 1.54) is 0 Å². The number of H-pyrrole nitrogens is 1. The predicted octanol–water partition coefficient (Wildman–Crippen LogP) is 3.14. The van der Waals surface area contributed by atoms with E-state index in [-0.39, 0.29) is 11.0 Å². The first-order chi connectivity index (χ1) is 7.90. The molecule has 2 rings (SSSR count). The van der Waals surface area contributed by atoms with Crippen molar-refractivity contribution < 1.29 is 8.42 Å². The molecule has 0 aliphatic rings. The topological polar surface area (TPSA) is 49.9 Å². The van der Waals surface area contributed by atoms with E-state index in [1.807, 2.05) is 6.07 Å². The van der Waals surface area contributed by atoms with Crippen molar-refractivity contribution in [2.24, 2.45) is 0 Å². The zero-order valence-electron chi connectivity index (χ0n) is 9.70. The van der Waals surface area contributed by atoms with Gasteiger partial charge in [0.1, 0.15) is 0 Å². The van der Waals surface area contributed by atoms with Crippen LogP contribution in [0.4, 0.5) is 0 Å². The molecule has 0 fully saturated rings. The van der Waals surface area contributed by atoms with Crippen LogP contribution in [0.25, 0.3) is 10.9 Å². The van der Waals surface area contributed by atoms with Gasteiger partial charge in [0, 0.05) is 22.1 Å². The molecule has 0 amide bonds. The van der Waals surface area contributed by atoms with Gasteiger partial charge in [0.25, 0.3) is 0 Å². The largest absolute Gasteiger partial charge is 0.361 e. The number of aromatic amines is 1. The molecule has 3 nitrogen and oxygen atoms in total. The first-order valence-corrected chi connectivity index (χ1v) is 7.46. The van der Waals surface area contributed by atoms with Gasteiger partial charge < -0.3 is 4.98 Å². The van der Waals surface area contributed by atoms with Gasteiger partial charge in [0.05, 0.1) is 11.0 Å². The second-order valence-corrected chi connectivity index (χ2v) is 7.35. The first-order valence-electron chi connectivity index (χ1n) is 5.37. The third-order valence-electron chi connectivity index (χ3n) is 2.80. The van der Waals surface area contributed by atoms with Gasteiger partial charge in [-0.05, 0) is 31.5 Å². The summed E-state index contributed by atoms with van der Waals surface area (Å²) in [6.45, 7) is 3.39. The monoisotopic (exact) mass is 271 g/mol. The molecule has 0 spiro atoms. The SMILES string of the molecule is CC(C)S(=O)(=O)Cc1c[nH]c2cc(Cl)ccc12. The summed E-state index contributed by atoms with van der Waals surface area (Å²) in [6, 6.07) is 5.41. The first kappa shape index (κ1) is 12.5. The van der Waals surface area contributed by atoms with E-state index in [1.54, 1.807) is 32.2 Å². The lowest BCUT2D eigenvalue weighted by Crippen LogP contribution is -2.15. The normalized spacial score (nSPS) is 12.5.